The van der Waals surface area contributed by atoms with Crippen LogP contribution in [0.4, 0.5) is 0 Å². The van der Waals surface area contributed by atoms with Crippen molar-refractivity contribution in [2.75, 3.05) is 0 Å². The maximum Gasteiger partial charge on any atom is 0 e. The Morgan fingerprint density at radius 3 is 1.75 bits per heavy atom. The Morgan fingerprint density at radius 2 is 1.75 bits per heavy atom. The van der Waals surface area contributed by atoms with Crippen LogP contribution in [-0.2, 0) is 32.7 Å². The van der Waals surface area contributed by atoms with E-state index >= 15 is 0 Å². The Morgan fingerprint density at radius 1 is 1.38 bits per heavy atom. The SMILES string of the molecule is [CH2-]C(C)(C)CCC.[Y]. The molecule has 0 bridgehead atoms. The van der Waals surface area contributed by atoms with Crippen LogP contribution >= 0.6 is 0 Å². The number of rotatable bonds is 2. The minimum Gasteiger partial charge on any atom is -0.338 e. The van der Waals surface area contributed by atoms with Crippen LogP contribution in [0.15, 0.2) is 0 Å². The average Bonchev–Trinajstić information content (AvgIpc) is 1.30. The standard InChI is InChI=1S/C7H15.Y/c1-5-6-7(2,3)4;/h2,5-6H2,1,3-4H3;/q-1;. The molecular weight excluding hydrogens is 173 g/mol. The first-order chi connectivity index (χ1) is 3.06. The van der Waals surface area contributed by atoms with E-state index in [9.17, 15) is 0 Å². The molecule has 0 spiro atoms. The van der Waals surface area contributed by atoms with Crippen molar-refractivity contribution < 1.29 is 32.7 Å². The molecule has 0 atom stereocenters. The van der Waals surface area contributed by atoms with E-state index in [0.29, 0.717) is 5.41 Å². The molecule has 8 heavy (non-hydrogen) atoms. The molecule has 0 aromatic heterocycles. The van der Waals surface area contributed by atoms with Gasteiger partial charge in [-0.15, -0.1) is 0 Å². The van der Waals surface area contributed by atoms with Gasteiger partial charge in [0.15, 0.2) is 0 Å². The smallest absolute Gasteiger partial charge is 0 e. The van der Waals surface area contributed by atoms with Gasteiger partial charge >= 0.3 is 0 Å². The fourth-order valence-corrected chi connectivity index (χ4v) is 0.677. The minimum atomic E-state index is 0. The Bertz CT molecular complexity index is 42.8. The van der Waals surface area contributed by atoms with Gasteiger partial charge in [-0.2, -0.15) is 5.41 Å². The summed E-state index contributed by atoms with van der Waals surface area (Å²) in [5.41, 5.74) is 0.300. The summed E-state index contributed by atoms with van der Waals surface area (Å²) in [7, 11) is 0. The monoisotopic (exact) mass is 188 g/mol. The van der Waals surface area contributed by atoms with E-state index < -0.39 is 0 Å². The fourth-order valence-electron chi connectivity index (χ4n) is 0.677. The third kappa shape index (κ3) is 10.2. The van der Waals surface area contributed by atoms with Crippen LogP contribution in [-0.4, -0.2) is 0 Å². The Kier molecular flexibility index (Phi) is 7.31. The molecule has 0 saturated carbocycles. The van der Waals surface area contributed by atoms with Crippen molar-refractivity contribution in [3.63, 3.8) is 0 Å². The van der Waals surface area contributed by atoms with Gasteiger partial charge in [0.25, 0.3) is 0 Å². The summed E-state index contributed by atoms with van der Waals surface area (Å²) < 4.78 is 0. The van der Waals surface area contributed by atoms with Crippen molar-refractivity contribution in [1.82, 2.24) is 0 Å². The molecular formula is C7H15Y-. The molecule has 47 valence electrons. The van der Waals surface area contributed by atoms with E-state index in [2.05, 4.69) is 27.7 Å². The predicted molar refractivity (Wildman–Crippen MR) is 34.0 cm³/mol. The molecule has 1 heteroatoms. The molecule has 0 aromatic rings. The first-order valence-electron chi connectivity index (χ1n) is 2.91. The van der Waals surface area contributed by atoms with E-state index in [1.165, 1.54) is 12.8 Å². The normalized spacial score (nSPS) is 10.5. The molecule has 1 radical (unpaired) electrons. The van der Waals surface area contributed by atoms with E-state index in [1.54, 1.807) is 0 Å². The van der Waals surface area contributed by atoms with Crippen molar-refractivity contribution in [3.8, 4) is 0 Å². The third-order valence-electron chi connectivity index (χ3n) is 0.927. The van der Waals surface area contributed by atoms with Crippen molar-refractivity contribution >= 4 is 0 Å². The van der Waals surface area contributed by atoms with Crippen molar-refractivity contribution in [2.45, 2.75) is 33.6 Å². The molecule has 0 amide bonds. The van der Waals surface area contributed by atoms with Crippen LogP contribution in [0.3, 0.4) is 0 Å². The molecule has 0 unspecified atom stereocenters. The largest absolute Gasteiger partial charge is 0.338 e. The molecule has 0 aromatic carbocycles. The molecule has 0 aliphatic carbocycles. The first kappa shape index (κ1) is 11.8. The molecule has 0 nitrogen and oxygen atoms in total. The molecule has 0 aliphatic rings. The Hall–Kier alpha value is 1.10. The van der Waals surface area contributed by atoms with Gasteiger partial charge in [0, 0.05) is 32.7 Å². The van der Waals surface area contributed by atoms with Gasteiger partial charge in [0.2, 0.25) is 0 Å². The van der Waals surface area contributed by atoms with E-state index in [0.717, 1.165) is 0 Å². The van der Waals surface area contributed by atoms with Crippen LogP contribution in [0, 0.1) is 12.3 Å². The number of hydrogen-bond acceptors (Lipinski definition) is 0. The van der Waals surface area contributed by atoms with Gasteiger partial charge in [-0.3, -0.25) is 0 Å². The van der Waals surface area contributed by atoms with Crippen LogP contribution in [0.5, 0.6) is 0 Å². The second-order valence-electron chi connectivity index (χ2n) is 2.91. The summed E-state index contributed by atoms with van der Waals surface area (Å²) in [4.78, 5) is 0. The Balaban J connectivity index is 0. The molecule has 0 aliphatic heterocycles. The summed E-state index contributed by atoms with van der Waals surface area (Å²) in [6, 6.07) is 0. The predicted octanol–water partition coefficient (Wildman–Crippen LogP) is 2.64. The van der Waals surface area contributed by atoms with Crippen LogP contribution in [0.25, 0.3) is 0 Å². The quantitative estimate of drug-likeness (QED) is 0.584. The van der Waals surface area contributed by atoms with Crippen molar-refractivity contribution in [1.29, 1.82) is 0 Å². The van der Waals surface area contributed by atoms with Crippen LogP contribution < -0.4 is 0 Å². The van der Waals surface area contributed by atoms with E-state index in [-0.39, 0.29) is 32.7 Å². The summed E-state index contributed by atoms with van der Waals surface area (Å²) >= 11 is 0. The molecule has 0 saturated heterocycles. The van der Waals surface area contributed by atoms with E-state index in [4.69, 9.17) is 0 Å². The zero-order valence-electron chi connectivity index (χ0n) is 6.20. The molecule has 0 N–H and O–H groups in total. The summed E-state index contributed by atoms with van der Waals surface area (Å²) in [6.45, 7) is 10.5. The van der Waals surface area contributed by atoms with Gasteiger partial charge in [-0.1, -0.05) is 33.6 Å². The molecule has 0 heterocycles. The van der Waals surface area contributed by atoms with Gasteiger partial charge in [0.05, 0.1) is 0 Å². The second-order valence-corrected chi connectivity index (χ2v) is 2.91. The van der Waals surface area contributed by atoms with Gasteiger partial charge in [0.1, 0.15) is 0 Å². The number of hydrogen-bond donors (Lipinski definition) is 0. The first-order valence-corrected chi connectivity index (χ1v) is 2.91. The van der Waals surface area contributed by atoms with Crippen LogP contribution in [0.2, 0.25) is 0 Å². The molecule has 0 fully saturated rings. The maximum absolute atomic E-state index is 3.96. The molecule has 0 rings (SSSR count). The van der Waals surface area contributed by atoms with Crippen molar-refractivity contribution in [2.24, 2.45) is 5.41 Å². The van der Waals surface area contributed by atoms with Gasteiger partial charge in [-0.05, 0) is 0 Å². The topological polar surface area (TPSA) is 0 Å². The van der Waals surface area contributed by atoms with E-state index in [1.807, 2.05) is 0 Å². The second kappa shape index (κ2) is 4.93. The Labute approximate surface area is 78.3 Å². The van der Waals surface area contributed by atoms with Crippen LogP contribution in [0.1, 0.15) is 33.6 Å². The van der Waals surface area contributed by atoms with Crippen molar-refractivity contribution in [3.05, 3.63) is 6.92 Å². The zero-order chi connectivity index (χ0) is 5.91. The summed E-state index contributed by atoms with van der Waals surface area (Å²) in [5, 5.41) is 0. The zero-order valence-corrected chi connectivity index (χ0v) is 9.04. The van der Waals surface area contributed by atoms with Gasteiger partial charge < -0.3 is 6.92 Å². The summed E-state index contributed by atoms with van der Waals surface area (Å²) in [6.07, 6.45) is 2.48. The maximum atomic E-state index is 3.96. The third-order valence-corrected chi connectivity index (χ3v) is 0.927. The average molecular weight is 188 g/mol. The summed E-state index contributed by atoms with van der Waals surface area (Å²) in [5.74, 6) is 0. The minimum absolute atomic E-state index is 0. The van der Waals surface area contributed by atoms with Gasteiger partial charge in [-0.25, -0.2) is 0 Å². The fraction of sp³-hybridized carbons (Fsp3) is 0.857.